The molecule has 4 rings (SSSR count). The van der Waals surface area contributed by atoms with Gasteiger partial charge in [-0.1, -0.05) is 94.7 Å². The van der Waals surface area contributed by atoms with E-state index in [0.717, 1.165) is 6.42 Å². The monoisotopic (exact) mass is 372 g/mol. The van der Waals surface area contributed by atoms with E-state index >= 15 is 0 Å². The summed E-state index contributed by atoms with van der Waals surface area (Å²) in [5, 5.41) is 0. The van der Waals surface area contributed by atoms with Crippen molar-refractivity contribution in [1.82, 2.24) is 0 Å². The zero-order valence-electron chi connectivity index (χ0n) is 18.1. The molecular formula is C28H36. The van der Waals surface area contributed by atoms with Crippen molar-refractivity contribution in [2.24, 2.45) is 0 Å². The molecule has 0 fully saturated rings. The third-order valence-corrected chi connectivity index (χ3v) is 7.06. The molecule has 28 heavy (non-hydrogen) atoms. The van der Waals surface area contributed by atoms with Crippen LogP contribution in [0.3, 0.4) is 0 Å². The van der Waals surface area contributed by atoms with Gasteiger partial charge in [0.15, 0.2) is 0 Å². The zero-order valence-corrected chi connectivity index (χ0v) is 18.1. The summed E-state index contributed by atoms with van der Waals surface area (Å²) in [5.41, 5.74) is 11.0. The molecule has 0 amide bonds. The predicted molar refractivity (Wildman–Crippen MR) is 123 cm³/mol. The first-order valence-corrected chi connectivity index (χ1v) is 11.6. The second-order valence-electron chi connectivity index (χ2n) is 9.16. The van der Waals surface area contributed by atoms with Crippen molar-refractivity contribution in [2.75, 3.05) is 0 Å². The molecule has 0 nitrogen and oxygen atoms in total. The summed E-state index contributed by atoms with van der Waals surface area (Å²) in [6, 6.07) is 14.4. The Bertz CT molecular complexity index is 870. The molecule has 1 atom stereocenters. The van der Waals surface area contributed by atoms with Crippen LogP contribution < -0.4 is 0 Å². The van der Waals surface area contributed by atoms with Crippen molar-refractivity contribution in [3.8, 4) is 11.1 Å². The Balaban J connectivity index is 1.80. The lowest BCUT2D eigenvalue weighted by atomic mass is 9.70. The fourth-order valence-corrected chi connectivity index (χ4v) is 5.66. The van der Waals surface area contributed by atoms with E-state index in [4.69, 9.17) is 0 Å². The zero-order chi connectivity index (χ0) is 19.6. The Morgan fingerprint density at radius 3 is 2.29 bits per heavy atom. The molecule has 0 bridgehead atoms. The third-order valence-electron chi connectivity index (χ3n) is 7.06. The van der Waals surface area contributed by atoms with Crippen molar-refractivity contribution in [3.05, 3.63) is 64.2 Å². The second-order valence-corrected chi connectivity index (χ2v) is 9.16. The van der Waals surface area contributed by atoms with Gasteiger partial charge in [0.05, 0.1) is 0 Å². The highest BCUT2D eigenvalue weighted by Gasteiger charge is 2.42. The van der Waals surface area contributed by atoms with Gasteiger partial charge in [0.2, 0.25) is 0 Å². The van der Waals surface area contributed by atoms with Crippen molar-refractivity contribution in [2.45, 2.75) is 90.4 Å². The minimum absolute atomic E-state index is 0.230. The van der Waals surface area contributed by atoms with Gasteiger partial charge in [0.1, 0.15) is 0 Å². The molecule has 1 unspecified atom stereocenters. The van der Waals surface area contributed by atoms with Crippen LogP contribution in [0.4, 0.5) is 0 Å². The van der Waals surface area contributed by atoms with Crippen LogP contribution in [0.5, 0.6) is 0 Å². The van der Waals surface area contributed by atoms with Crippen molar-refractivity contribution in [1.29, 1.82) is 0 Å². The van der Waals surface area contributed by atoms with E-state index in [0.29, 0.717) is 0 Å². The molecule has 0 saturated heterocycles. The number of allylic oxidation sites excluding steroid dienone is 1. The highest BCUT2D eigenvalue weighted by Crippen LogP contribution is 2.55. The fourth-order valence-electron chi connectivity index (χ4n) is 5.66. The van der Waals surface area contributed by atoms with Crippen molar-refractivity contribution >= 4 is 6.08 Å². The van der Waals surface area contributed by atoms with Crippen molar-refractivity contribution in [3.63, 3.8) is 0 Å². The van der Waals surface area contributed by atoms with Crippen LogP contribution in [0.15, 0.2) is 42.0 Å². The van der Waals surface area contributed by atoms with Gasteiger partial charge >= 0.3 is 0 Å². The first-order chi connectivity index (χ1) is 13.7. The number of rotatable bonds is 9. The van der Waals surface area contributed by atoms with E-state index in [9.17, 15) is 0 Å². The Labute approximate surface area is 172 Å². The van der Waals surface area contributed by atoms with Crippen LogP contribution in [0, 0.1) is 0 Å². The number of fused-ring (bicyclic) bond motifs is 4. The maximum Gasteiger partial charge on any atom is 0.0215 e. The van der Waals surface area contributed by atoms with Gasteiger partial charge in [-0.3, -0.25) is 0 Å². The molecule has 0 aromatic heterocycles. The Morgan fingerprint density at radius 1 is 0.786 bits per heavy atom. The van der Waals surface area contributed by atoms with Crippen LogP contribution in [0.1, 0.15) is 101 Å². The Kier molecular flexibility index (Phi) is 5.76. The summed E-state index contributed by atoms with van der Waals surface area (Å²) in [4.78, 5) is 0. The van der Waals surface area contributed by atoms with E-state index in [1.165, 1.54) is 85.6 Å². The fraction of sp³-hybridized carbons (Fsp3) is 0.500. The molecule has 2 aliphatic carbocycles. The van der Waals surface area contributed by atoms with E-state index < -0.39 is 0 Å². The van der Waals surface area contributed by atoms with Crippen LogP contribution in [-0.2, 0) is 11.8 Å². The lowest BCUT2D eigenvalue weighted by Gasteiger charge is -2.33. The van der Waals surface area contributed by atoms with Crippen LogP contribution >= 0.6 is 0 Å². The van der Waals surface area contributed by atoms with Gasteiger partial charge in [-0.25, -0.2) is 0 Å². The maximum atomic E-state index is 2.58. The molecule has 0 heteroatoms. The average molecular weight is 373 g/mol. The molecule has 148 valence electrons. The molecule has 0 aliphatic heterocycles. The molecule has 2 aliphatic rings. The minimum Gasteiger partial charge on any atom is -0.0683 e. The van der Waals surface area contributed by atoms with Gasteiger partial charge in [-0.05, 0) is 71.7 Å². The molecule has 0 N–H and O–H groups in total. The summed E-state index contributed by atoms with van der Waals surface area (Å²) < 4.78 is 0. The summed E-state index contributed by atoms with van der Waals surface area (Å²) in [7, 11) is 0. The number of unbranched alkanes of at least 4 members (excludes halogenated alkanes) is 5. The molecule has 0 radical (unpaired) electrons. The number of hydrogen-bond acceptors (Lipinski definition) is 0. The smallest absolute Gasteiger partial charge is 0.0215 e. The summed E-state index contributed by atoms with van der Waals surface area (Å²) in [6.07, 6.45) is 15.5. The van der Waals surface area contributed by atoms with Crippen LogP contribution in [0.25, 0.3) is 17.2 Å². The normalized spacial score (nSPS) is 19.3. The van der Waals surface area contributed by atoms with Crippen LogP contribution in [-0.4, -0.2) is 0 Å². The maximum absolute atomic E-state index is 2.58. The van der Waals surface area contributed by atoms with E-state index in [2.05, 4.69) is 63.2 Å². The lowest BCUT2D eigenvalue weighted by Crippen LogP contribution is -2.25. The van der Waals surface area contributed by atoms with Gasteiger partial charge in [0.25, 0.3) is 0 Å². The third kappa shape index (κ3) is 3.36. The summed E-state index contributed by atoms with van der Waals surface area (Å²) in [6.45, 7) is 6.92. The molecule has 2 aromatic rings. The quantitative estimate of drug-likeness (QED) is 0.387. The molecule has 2 aromatic carbocycles. The lowest BCUT2D eigenvalue weighted by molar-refractivity contribution is 0.403. The number of hydrogen-bond donors (Lipinski definition) is 0. The standard InChI is InChI=1S/C28H36/c1-4-6-8-12-16-28(15-11-7-5-2)26-14-10-9-13-24(26)25-19-22-17-21(3)18-23(22)20-27(25)28/h9-10,13-14,18-20H,4-8,11-12,15-17H2,1-3H3. The summed E-state index contributed by atoms with van der Waals surface area (Å²) in [5.74, 6) is 0. The predicted octanol–water partition coefficient (Wildman–Crippen LogP) is 8.46. The second kappa shape index (κ2) is 8.27. The molecular weight excluding hydrogens is 336 g/mol. The first kappa shape index (κ1) is 19.5. The van der Waals surface area contributed by atoms with Gasteiger partial charge in [-0.2, -0.15) is 0 Å². The Morgan fingerprint density at radius 2 is 1.50 bits per heavy atom. The largest absolute Gasteiger partial charge is 0.0683 e. The highest BCUT2D eigenvalue weighted by molar-refractivity contribution is 5.84. The Hall–Kier alpha value is -1.82. The van der Waals surface area contributed by atoms with E-state index in [1.807, 2.05) is 0 Å². The van der Waals surface area contributed by atoms with E-state index in [1.54, 1.807) is 11.1 Å². The molecule has 0 heterocycles. The minimum atomic E-state index is 0.230. The first-order valence-electron chi connectivity index (χ1n) is 11.6. The topological polar surface area (TPSA) is 0 Å². The van der Waals surface area contributed by atoms with Gasteiger partial charge in [0, 0.05) is 5.41 Å². The van der Waals surface area contributed by atoms with Gasteiger partial charge < -0.3 is 0 Å². The summed E-state index contributed by atoms with van der Waals surface area (Å²) >= 11 is 0. The van der Waals surface area contributed by atoms with E-state index in [-0.39, 0.29) is 5.41 Å². The van der Waals surface area contributed by atoms with Crippen LogP contribution in [0.2, 0.25) is 0 Å². The molecule has 0 spiro atoms. The van der Waals surface area contributed by atoms with Gasteiger partial charge in [-0.15, -0.1) is 0 Å². The highest BCUT2D eigenvalue weighted by atomic mass is 14.5. The SMILES string of the molecule is CCCCCCC1(CCCCC)c2ccccc2-c2cc3c(cc21)C=C(C)C3. The molecule has 0 saturated carbocycles. The van der Waals surface area contributed by atoms with Crippen molar-refractivity contribution < 1.29 is 0 Å². The number of benzene rings is 2. The average Bonchev–Trinajstić information content (AvgIpc) is 3.19.